The first kappa shape index (κ1) is 27.6. The number of hydrogen-bond donors (Lipinski definition) is 1. The molecular formula is C26H20Br2N2O7S. The number of halogens is 2. The first-order valence-corrected chi connectivity index (χ1v) is 14.0. The van der Waals surface area contributed by atoms with Gasteiger partial charge in [-0.2, -0.15) is 8.42 Å². The highest BCUT2D eigenvalue weighted by Crippen LogP contribution is 2.39. The number of nitrogens with zero attached hydrogens (tertiary/aromatic N) is 1. The summed E-state index contributed by atoms with van der Waals surface area (Å²) in [6.07, 6.45) is 1.27. The van der Waals surface area contributed by atoms with Gasteiger partial charge in [0.25, 0.3) is 11.8 Å². The minimum atomic E-state index is -4.18. The van der Waals surface area contributed by atoms with Crippen LogP contribution in [0.2, 0.25) is 0 Å². The molecule has 0 aliphatic carbocycles. The number of anilines is 1. The van der Waals surface area contributed by atoms with Crippen molar-refractivity contribution >= 4 is 71.6 Å². The number of urea groups is 1. The van der Waals surface area contributed by atoms with Crippen molar-refractivity contribution in [3.05, 3.63) is 85.8 Å². The van der Waals surface area contributed by atoms with Crippen molar-refractivity contribution in [1.29, 1.82) is 0 Å². The zero-order chi connectivity index (χ0) is 27.8. The van der Waals surface area contributed by atoms with E-state index in [2.05, 4.69) is 37.2 Å². The molecule has 38 heavy (non-hydrogen) atoms. The highest BCUT2D eigenvalue weighted by atomic mass is 79.9. The highest BCUT2D eigenvalue weighted by Gasteiger charge is 2.37. The van der Waals surface area contributed by atoms with Crippen LogP contribution in [-0.2, 0) is 19.7 Å². The molecule has 1 N–H and O–H groups in total. The maximum absolute atomic E-state index is 13.2. The molecular weight excluding hydrogens is 644 g/mol. The summed E-state index contributed by atoms with van der Waals surface area (Å²) in [7, 11) is -2.87. The number of hydrogen-bond acceptors (Lipinski definition) is 7. The van der Waals surface area contributed by atoms with Gasteiger partial charge in [0.2, 0.25) is 0 Å². The minimum absolute atomic E-state index is 0.0297. The van der Waals surface area contributed by atoms with Crippen molar-refractivity contribution in [3.63, 3.8) is 0 Å². The molecule has 0 bridgehead atoms. The summed E-state index contributed by atoms with van der Waals surface area (Å²) in [6.45, 7) is 3.63. The van der Waals surface area contributed by atoms with Gasteiger partial charge in [-0.25, -0.2) is 9.69 Å². The molecule has 0 radical (unpaired) electrons. The summed E-state index contributed by atoms with van der Waals surface area (Å²) in [5.74, 6) is -1.78. The minimum Gasteiger partial charge on any atom is -0.493 e. The number of ether oxygens (including phenoxy) is 1. The molecule has 1 fully saturated rings. The van der Waals surface area contributed by atoms with Gasteiger partial charge in [-0.15, -0.1) is 0 Å². The van der Waals surface area contributed by atoms with Crippen molar-refractivity contribution in [2.24, 2.45) is 0 Å². The second-order valence-electron chi connectivity index (χ2n) is 8.28. The van der Waals surface area contributed by atoms with E-state index in [9.17, 15) is 22.8 Å². The van der Waals surface area contributed by atoms with Crippen LogP contribution in [0, 0.1) is 13.8 Å². The third kappa shape index (κ3) is 5.52. The molecule has 1 heterocycles. The Morgan fingerprint density at radius 2 is 1.61 bits per heavy atom. The fourth-order valence-electron chi connectivity index (χ4n) is 3.59. The van der Waals surface area contributed by atoms with Crippen LogP contribution in [0.3, 0.4) is 0 Å². The smallest absolute Gasteiger partial charge is 0.339 e. The lowest BCUT2D eigenvalue weighted by atomic mass is 10.1. The summed E-state index contributed by atoms with van der Waals surface area (Å²) >= 11 is 6.67. The number of barbiturate groups is 1. The van der Waals surface area contributed by atoms with Crippen LogP contribution in [0.15, 0.2) is 74.0 Å². The summed E-state index contributed by atoms with van der Waals surface area (Å²) in [5, 5.41) is 2.17. The van der Waals surface area contributed by atoms with E-state index in [1.165, 1.54) is 37.5 Å². The Labute approximate surface area is 235 Å². The van der Waals surface area contributed by atoms with E-state index in [0.717, 1.165) is 20.5 Å². The maximum Gasteiger partial charge on any atom is 0.339 e. The first-order chi connectivity index (χ1) is 17.9. The Morgan fingerprint density at radius 3 is 2.24 bits per heavy atom. The van der Waals surface area contributed by atoms with E-state index in [1.807, 2.05) is 6.92 Å². The number of aryl methyl sites for hydroxylation is 2. The number of benzene rings is 3. The van der Waals surface area contributed by atoms with Crippen molar-refractivity contribution in [1.82, 2.24) is 5.32 Å². The van der Waals surface area contributed by atoms with Crippen molar-refractivity contribution in [2.75, 3.05) is 12.0 Å². The standard InChI is InChI=1S/C26H20Br2N2O7S/c1-14-4-7-18(8-5-14)38(34,35)37-23-21(28)12-16(13-22(23)36-3)11-19-24(31)29-26(33)30(25(19)32)17-6-9-20(27)15(2)10-17/h4-13H,1-3H3,(H,29,31,33)/b19-11-. The number of nitrogens with one attached hydrogen (secondary N) is 1. The van der Waals surface area contributed by atoms with Crippen molar-refractivity contribution < 1.29 is 31.7 Å². The van der Waals surface area contributed by atoms with Crippen LogP contribution in [0.1, 0.15) is 16.7 Å². The topological polar surface area (TPSA) is 119 Å². The van der Waals surface area contributed by atoms with E-state index in [0.29, 0.717) is 5.56 Å². The predicted octanol–water partition coefficient (Wildman–Crippen LogP) is 5.27. The lowest BCUT2D eigenvalue weighted by Gasteiger charge is -2.26. The van der Waals surface area contributed by atoms with Crippen LogP contribution >= 0.6 is 31.9 Å². The summed E-state index contributed by atoms with van der Waals surface area (Å²) in [4.78, 5) is 39.2. The Balaban J connectivity index is 1.70. The van der Waals surface area contributed by atoms with Gasteiger partial charge in [-0.3, -0.25) is 14.9 Å². The number of carbonyl (C=O) groups excluding carboxylic acids is 3. The fourth-order valence-corrected chi connectivity index (χ4v) is 5.44. The largest absolute Gasteiger partial charge is 0.493 e. The number of carbonyl (C=O) groups is 3. The van der Waals surface area contributed by atoms with E-state index in [1.54, 1.807) is 37.3 Å². The average Bonchev–Trinajstić information content (AvgIpc) is 2.85. The Morgan fingerprint density at radius 1 is 0.921 bits per heavy atom. The van der Waals surface area contributed by atoms with Gasteiger partial charge in [-0.1, -0.05) is 33.6 Å². The Hall–Kier alpha value is -3.48. The van der Waals surface area contributed by atoms with Crippen LogP contribution in [-0.4, -0.2) is 33.4 Å². The van der Waals surface area contributed by atoms with Gasteiger partial charge in [0.05, 0.1) is 17.3 Å². The van der Waals surface area contributed by atoms with Crippen LogP contribution in [0.5, 0.6) is 11.5 Å². The van der Waals surface area contributed by atoms with Gasteiger partial charge in [-0.05, 0) is 89.4 Å². The van der Waals surface area contributed by atoms with Gasteiger partial charge in [0.1, 0.15) is 10.5 Å². The third-order valence-electron chi connectivity index (χ3n) is 5.57. The van der Waals surface area contributed by atoms with Gasteiger partial charge in [0, 0.05) is 4.47 Å². The molecule has 1 aliphatic rings. The van der Waals surface area contributed by atoms with Gasteiger partial charge < -0.3 is 8.92 Å². The fraction of sp³-hybridized carbons (Fsp3) is 0.115. The Bertz CT molecular complexity index is 1620. The third-order valence-corrected chi connectivity index (χ3v) is 8.28. The van der Waals surface area contributed by atoms with Crippen LogP contribution in [0.25, 0.3) is 6.08 Å². The summed E-state index contributed by atoms with van der Waals surface area (Å²) in [5.41, 5.74) is 1.97. The monoisotopic (exact) mass is 662 g/mol. The average molecular weight is 664 g/mol. The molecule has 1 aliphatic heterocycles. The van der Waals surface area contributed by atoms with Crippen LogP contribution in [0.4, 0.5) is 10.5 Å². The number of methoxy groups -OCH3 is 1. The van der Waals surface area contributed by atoms with E-state index in [-0.39, 0.29) is 32.1 Å². The van der Waals surface area contributed by atoms with Crippen molar-refractivity contribution in [2.45, 2.75) is 18.7 Å². The first-order valence-electron chi connectivity index (χ1n) is 11.0. The van der Waals surface area contributed by atoms with Crippen molar-refractivity contribution in [3.8, 4) is 11.5 Å². The number of amides is 4. The van der Waals surface area contributed by atoms with Gasteiger partial charge in [0.15, 0.2) is 11.5 Å². The molecule has 3 aromatic carbocycles. The summed E-state index contributed by atoms with van der Waals surface area (Å²) in [6, 6.07) is 13.0. The molecule has 4 amide bonds. The number of imide groups is 2. The molecule has 3 aromatic rings. The normalized spacial score (nSPS) is 15.0. The lowest BCUT2D eigenvalue weighted by molar-refractivity contribution is -0.122. The second kappa shape index (κ2) is 10.7. The zero-order valence-electron chi connectivity index (χ0n) is 20.2. The molecule has 196 valence electrons. The molecule has 0 atom stereocenters. The number of rotatable bonds is 6. The van der Waals surface area contributed by atoms with E-state index < -0.39 is 28.0 Å². The Kier molecular flexibility index (Phi) is 7.77. The lowest BCUT2D eigenvalue weighted by Crippen LogP contribution is -2.54. The van der Waals surface area contributed by atoms with E-state index >= 15 is 0 Å². The molecule has 0 unspecified atom stereocenters. The molecule has 0 spiro atoms. The molecule has 4 rings (SSSR count). The molecule has 9 nitrogen and oxygen atoms in total. The molecule has 12 heteroatoms. The zero-order valence-corrected chi connectivity index (χ0v) is 24.2. The molecule has 0 saturated carbocycles. The van der Waals surface area contributed by atoms with E-state index in [4.69, 9.17) is 8.92 Å². The molecule has 1 saturated heterocycles. The van der Waals surface area contributed by atoms with Crippen LogP contribution < -0.4 is 19.1 Å². The predicted molar refractivity (Wildman–Crippen MR) is 148 cm³/mol. The summed E-state index contributed by atoms with van der Waals surface area (Å²) < 4.78 is 37.3. The maximum atomic E-state index is 13.2. The highest BCUT2D eigenvalue weighted by molar-refractivity contribution is 9.10. The quantitative estimate of drug-likeness (QED) is 0.217. The van der Waals surface area contributed by atoms with Gasteiger partial charge >= 0.3 is 16.1 Å². The molecule has 0 aromatic heterocycles. The SMILES string of the molecule is COc1cc(/C=C2/C(=O)NC(=O)N(c3ccc(Br)c(C)c3)C2=O)cc(Br)c1OS(=O)(=O)c1ccc(C)cc1. The second-order valence-corrected chi connectivity index (χ2v) is 11.5.